The Hall–Kier alpha value is -1.57. The number of benzene rings is 1. The minimum Gasteiger partial charge on any atom is -0.508 e. The van der Waals surface area contributed by atoms with Gasteiger partial charge in [-0.2, -0.15) is 0 Å². The number of aliphatic imine (C=N–C) groups is 1. The third-order valence-electron chi connectivity index (χ3n) is 1.89. The highest BCUT2D eigenvalue weighted by Gasteiger charge is 2.02. The molecule has 1 aromatic carbocycles. The maximum atomic E-state index is 9.05. The van der Waals surface area contributed by atoms with Crippen LogP contribution in [0.1, 0.15) is 12.0 Å². The van der Waals surface area contributed by atoms with E-state index in [0.717, 1.165) is 12.0 Å². The first-order chi connectivity index (χ1) is 5.86. The minimum atomic E-state index is 0.304. The summed E-state index contributed by atoms with van der Waals surface area (Å²) in [6, 6.07) is 7.18. The van der Waals surface area contributed by atoms with Crippen LogP contribution in [0.25, 0.3) is 5.57 Å². The molecule has 1 aliphatic rings. The highest BCUT2D eigenvalue weighted by molar-refractivity contribution is 5.84. The molecule has 12 heavy (non-hydrogen) atoms. The van der Waals surface area contributed by atoms with Gasteiger partial charge in [0, 0.05) is 18.8 Å². The SMILES string of the molecule is Oc1ccc(C2=CN=CC2)cc1. The topological polar surface area (TPSA) is 32.6 Å². The zero-order valence-electron chi connectivity index (χ0n) is 6.57. The zero-order chi connectivity index (χ0) is 8.39. The molecule has 0 unspecified atom stereocenters. The number of hydrogen-bond acceptors (Lipinski definition) is 2. The first-order valence-corrected chi connectivity index (χ1v) is 3.86. The maximum absolute atomic E-state index is 9.05. The summed E-state index contributed by atoms with van der Waals surface area (Å²) in [5, 5.41) is 9.05. The Balaban J connectivity index is 2.30. The summed E-state index contributed by atoms with van der Waals surface area (Å²) < 4.78 is 0. The molecule has 1 heterocycles. The zero-order valence-corrected chi connectivity index (χ0v) is 6.57. The van der Waals surface area contributed by atoms with Gasteiger partial charge >= 0.3 is 0 Å². The molecule has 1 N–H and O–H groups in total. The van der Waals surface area contributed by atoms with Crippen LogP contribution in [0.4, 0.5) is 0 Å². The van der Waals surface area contributed by atoms with E-state index in [-0.39, 0.29) is 0 Å². The van der Waals surface area contributed by atoms with Crippen molar-refractivity contribution in [3.05, 3.63) is 36.0 Å². The van der Waals surface area contributed by atoms with Crippen LogP contribution in [0.2, 0.25) is 0 Å². The van der Waals surface area contributed by atoms with Crippen molar-refractivity contribution in [3.8, 4) is 5.75 Å². The summed E-state index contributed by atoms with van der Waals surface area (Å²) >= 11 is 0. The van der Waals surface area contributed by atoms with Crippen LogP contribution in [0, 0.1) is 0 Å². The van der Waals surface area contributed by atoms with Gasteiger partial charge in [0.25, 0.3) is 0 Å². The van der Waals surface area contributed by atoms with E-state index in [0.29, 0.717) is 5.75 Å². The number of nitrogens with zero attached hydrogens (tertiary/aromatic N) is 1. The highest BCUT2D eigenvalue weighted by atomic mass is 16.3. The Morgan fingerprint density at radius 3 is 2.50 bits per heavy atom. The standard InChI is InChI=1S/C10H9NO/c12-10-3-1-8(2-4-10)9-5-6-11-7-9/h1-4,6-7,12H,5H2. The van der Waals surface area contributed by atoms with Gasteiger partial charge in [-0.3, -0.25) is 4.99 Å². The molecule has 0 radical (unpaired) electrons. The van der Waals surface area contributed by atoms with Crippen molar-refractivity contribution < 1.29 is 5.11 Å². The van der Waals surface area contributed by atoms with Gasteiger partial charge in [-0.15, -0.1) is 0 Å². The normalized spacial score (nSPS) is 14.8. The monoisotopic (exact) mass is 159 g/mol. The van der Waals surface area contributed by atoms with Crippen molar-refractivity contribution in [2.75, 3.05) is 0 Å². The molecule has 2 rings (SSSR count). The molecular weight excluding hydrogens is 150 g/mol. The smallest absolute Gasteiger partial charge is 0.115 e. The van der Waals surface area contributed by atoms with Crippen LogP contribution >= 0.6 is 0 Å². The summed E-state index contributed by atoms with van der Waals surface area (Å²) in [4.78, 5) is 4.01. The molecule has 0 amide bonds. The Kier molecular flexibility index (Phi) is 1.67. The first-order valence-electron chi connectivity index (χ1n) is 3.86. The van der Waals surface area contributed by atoms with Crippen LogP contribution in [0.3, 0.4) is 0 Å². The van der Waals surface area contributed by atoms with Crippen molar-refractivity contribution in [1.82, 2.24) is 0 Å². The fourth-order valence-corrected chi connectivity index (χ4v) is 1.21. The largest absolute Gasteiger partial charge is 0.508 e. The van der Waals surface area contributed by atoms with E-state index in [1.807, 2.05) is 24.5 Å². The highest BCUT2D eigenvalue weighted by Crippen LogP contribution is 2.22. The molecule has 60 valence electrons. The molecule has 0 spiro atoms. The quantitative estimate of drug-likeness (QED) is 0.669. The molecule has 0 fully saturated rings. The second-order valence-electron chi connectivity index (χ2n) is 2.74. The molecule has 0 aliphatic carbocycles. The number of phenols is 1. The third-order valence-corrected chi connectivity index (χ3v) is 1.89. The number of allylic oxidation sites excluding steroid dienone is 1. The van der Waals surface area contributed by atoms with Crippen molar-refractivity contribution in [2.24, 2.45) is 4.99 Å². The van der Waals surface area contributed by atoms with Crippen molar-refractivity contribution in [3.63, 3.8) is 0 Å². The van der Waals surface area contributed by atoms with Gasteiger partial charge in [0.2, 0.25) is 0 Å². The van der Waals surface area contributed by atoms with Gasteiger partial charge in [0.15, 0.2) is 0 Å². The Morgan fingerprint density at radius 1 is 1.17 bits per heavy atom. The molecule has 1 aromatic rings. The van der Waals surface area contributed by atoms with E-state index in [4.69, 9.17) is 5.11 Å². The fraction of sp³-hybridized carbons (Fsp3) is 0.100. The van der Waals surface area contributed by atoms with E-state index >= 15 is 0 Å². The van der Waals surface area contributed by atoms with Crippen LogP contribution in [0.15, 0.2) is 35.5 Å². The van der Waals surface area contributed by atoms with Crippen molar-refractivity contribution in [1.29, 1.82) is 0 Å². The van der Waals surface area contributed by atoms with Crippen molar-refractivity contribution in [2.45, 2.75) is 6.42 Å². The summed E-state index contributed by atoms with van der Waals surface area (Å²) in [5.41, 5.74) is 2.33. The number of aromatic hydroxyl groups is 1. The fourth-order valence-electron chi connectivity index (χ4n) is 1.21. The van der Waals surface area contributed by atoms with Crippen LogP contribution < -0.4 is 0 Å². The van der Waals surface area contributed by atoms with Crippen LogP contribution in [-0.2, 0) is 0 Å². The molecular formula is C10H9NO. The van der Waals surface area contributed by atoms with Crippen LogP contribution in [-0.4, -0.2) is 11.3 Å². The van der Waals surface area contributed by atoms with Gasteiger partial charge in [0.05, 0.1) is 0 Å². The molecule has 0 saturated carbocycles. The van der Waals surface area contributed by atoms with E-state index in [1.165, 1.54) is 5.57 Å². The predicted octanol–water partition coefficient (Wildman–Crippen LogP) is 2.21. The Morgan fingerprint density at radius 2 is 1.92 bits per heavy atom. The Bertz CT molecular complexity index is 335. The first kappa shape index (κ1) is 7.10. The molecule has 0 bridgehead atoms. The van der Waals surface area contributed by atoms with Gasteiger partial charge < -0.3 is 5.11 Å². The number of hydrogen-bond donors (Lipinski definition) is 1. The van der Waals surface area contributed by atoms with Crippen LogP contribution in [0.5, 0.6) is 5.75 Å². The minimum absolute atomic E-state index is 0.304. The second kappa shape index (κ2) is 2.81. The predicted molar refractivity (Wildman–Crippen MR) is 49.2 cm³/mol. The number of rotatable bonds is 1. The molecule has 1 aliphatic heterocycles. The average molecular weight is 159 g/mol. The van der Waals surface area contributed by atoms with E-state index in [9.17, 15) is 0 Å². The molecule has 2 nitrogen and oxygen atoms in total. The van der Waals surface area contributed by atoms with Gasteiger partial charge in [0.1, 0.15) is 5.75 Å². The lowest BCUT2D eigenvalue weighted by Gasteiger charge is -1.99. The summed E-state index contributed by atoms with van der Waals surface area (Å²) in [5.74, 6) is 0.304. The lowest BCUT2D eigenvalue weighted by atomic mass is 10.1. The lowest BCUT2D eigenvalue weighted by molar-refractivity contribution is 0.475. The van der Waals surface area contributed by atoms with Gasteiger partial charge in [-0.05, 0) is 23.3 Å². The number of phenolic OH excluding ortho intramolecular Hbond substituents is 1. The van der Waals surface area contributed by atoms with Gasteiger partial charge in [-0.25, -0.2) is 0 Å². The van der Waals surface area contributed by atoms with E-state index in [1.54, 1.807) is 12.1 Å². The molecule has 0 atom stereocenters. The third kappa shape index (κ3) is 1.23. The summed E-state index contributed by atoms with van der Waals surface area (Å²) in [6.07, 6.45) is 4.62. The maximum Gasteiger partial charge on any atom is 0.115 e. The molecule has 2 heteroatoms. The molecule has 0 aromatic heterocycles. The van der Waals surface area contributed by atoms with E-state index in [2.05, 4.69) is 4.99 Å². The lowest BCUT2D eigenvalue weighted by Crippen LogP contribution is -1.80. The van der Waals surface area contributed by atoms with Gasteiger partial charge in [-0.1, -0.05) is 12.1 Å². The van der Waals surface area contributed by atoms with Crippen molar-refractivity contribution >= 4 is 11.8 Å². The average Bonchev–Trinajstić information content (AvgIpc) is 2.58. The second-order valence-corrected chi connectivity index (χ2v) is 2.74. The summed E-state index contributed by atoms with van der Waals surface area (Å²) in [7, 11) is 0. The summed E-state index contributed by atoms with van der Waals surface area (Å²) in [6.45, 7) is 0. The van der Waals surface area contributed by atoms with E-state index < -0.39 is 0 Å². The molecule has 0 saturated heterocycles. The Labute approximate surface area is 70.9 Å².